The van der Waals surface area contributed by atoms with E-state index < -0.39 is 44.4 Å². The number of aliphatic hydroxyl groups is 3. The molecule has 2 heterocycles. The van der Waals surface area contributed by atoms with Crippen molar-refractivity contribution in [1.82, 2.24) is 15.0 Å². The fourth-order valence-electron chi connectivity index (χ4n) is 2.74. The first-order chi connectivity index (χ1) is 12.2. The summed E-state index contributed by atoms with van der Waals surface area (Å²) in [5.41, 5.74) is 7.34. The summed E-state index contributed by atoms with van der Waals surface area (Å²) in [5.74, 6) is 0. The van der Waals surface area contributed by atoms with E-state index in [4.69, 9.17) is 10.5 Å². The molecule has 0 radical (unpaired) electrons. The average molecular weight is 430 g/mol. The zero-order chi connectivity index (χ0) is 19.1. The third-order valence-corrected chi connectivity index (χ3v) is 4.86. The number of nitrogens with zero attached hydrogens (tertiary/aromatic N) is 3. The van der Waals surface area contributed by atoms with E-state index in [1.807, 2.05) is 0 Å². The Kier molecular flexibility index (Phi) is 9.77. The van der Waals surface area contributed by atoms with Gasteiger partial charge < -0.3 is 40.1 Å². The molecule has 3 rings (SSSR count). The fraction of sp³-hybridized carbons (Fsp3) is 0.429. The Morgan fingerprint density at radius 3 is 2.39 bits per heavy atom. The SMILES string of the molecule is Nc1ccc(-c2cn([C@@H]3O[C@H]([C@H](O)CP(=O)([O-])[O-])[C@@H](O)[C@H]3O)nn2)cc1.[Na+].[Na+]. The monoisotopic (exact) mass is 430 g/mol. The van der Waals surface area contributed by atoms with Gasteiger partial charge in [-0.1, -0.05) is 24.9 Å². The number of benzene rings is 1. The van der Waals surface area contributed by atoms with Crippen LogP contribution in [0.5, 0.6) is 0 Å². The second kappa shape index (κ2) is 10.5. The molecule has 0 spiro atoms. The summed E-state index contributed by atoms with van der Waals surface area (Å²) >= 11 is 0. The van der Waals surface area contributed by atoms with Gasteiger partial charge in [0.25, 0.3) is 0 Å². The predicted octanol–water partition coefficient (Wildman–Crippen LogP) is -8.57. The van der Waals surface area contributed by atoms with Gasteiger partial charge in [0, 0.05) is 17.4 Å². The molecule has 0 bridgehead atoms. The van der Waals surface area contributed by atoms with Gasteiger partial charge in [-0.25, -0.2) is 4.68 Å². The van der Waals surface area contributed by atoms with Gasteiger partial charge in [0.2, 0.25) is 0 Å². The standard InChI is InChI=1S/C14H19N4O7P.2Na/c15-8-3-1-7(2-4-8)9-5-18(17-16-9)14-12(21)11(20)13(25-14)10(19)6-26(22,23)24;;/h1-5,10-14,19-21H,6,15H2,(H2,22,23,24);;/q;2*+1/p-2/t10-,11+,12-,13-,14-;;/m1../s1. The van der Waals surface area contributed by atoms with Crippen LogP contribution >= 0.6 is 7.60 Å². The molecular formula is C14H17N4Na2O7P. The average Bonchev–Trinajstić information content (AvgIpc) is 3.13. The quantitative estimate of drug-likeness (QED) is 0.201. The van der Waals surface area contributed by atoms with E-state index in [0.29, 0.717) is 16.9 Å². The van der Waals surface area contributed by atoms with E-state index in [1.54, 1.807) is 24.3 Å². The summed E-state index contributed by atoms with van der Waals surface area (Å²) in [6.45, 7) is 0. The third kappa shape index (κ3) is 6.08. The molecule has 14 heteroatoms. The molecule has 28 heavy (non-hydrogen) atoms. The zero-order valence-electron chi connectivity index (χ0n) is 15.3. The normalized spacial score (nSPS) is 25.6. The van der Waals surface area contributed by atoms with Crippen molar-refractivity contribution in [3.05, 3.63) is 30.5 Å². The summed E-state index contributed by atoms with van der Waals surface area (Å²) in [7, 11) is -5.02. The summed E-state index contributed by atoms with van der Waals surface area (Å²) in [5, 5.41) is 37.7. The Labute approximate surface area is 204 Å². The van der Waals surface area contributed by atoms with Crippen molar-refractivity contribution >= 4 is 13.3 Å². The van der Waals surface area contributed by atoms with Crippen molar-refractivity contribution in [2.24, 2.45) is 0 Å². The number of hydrogen-bond donors (Lipinski definition) is 4. The number of aromatic nitrogens is 3. The van der Waals surface area contributed by atoms with Crippen molar-refractivity contribution in [2.75, 3.05) is 11.9 Å². The molecule has 0 aliphatic carbocycles. The van der Waals surface area contributed by atoms with E-state index in [-0.39, 0.29) is 59.1 Å². The van der Waals surface area contributed by atoms with Gasteiger partial charge in [0.1, 0.15) is 24.0 Å². The molecule has 1 aromatic heterocycles. The van der Waals surface area contributed by atoms with Crippen LogP contribution < -0.4 is 74.6 Å². The Balaban J connectivity index is 0.00000196. The molecule has 0 amide bonds. The smallest absolute Gasteiger partial charge is 0.811 e. The first-order valence-corrected chi connectivity index (χ1v) is 9.37. The van der Waals surface area contributed by atoms with Gasteiger partial charge in [0.15, 0.2) is 6.23 Å². The molecule has 142 valence electrons. The number of rotatable bonds is 5. The topological polar surface area (TPSA) is 190 Å². The maximum absolute atomic E-state index is 10.8. The third-order valence-electron chi connectivity index (χ3n) is 4.04. The number of anilines is 1. The van der Waals surface area contributed by atoms with Crippen molar-refractivity contribution < 1.29 is 93.5 Å². The van der Waals surface area contributed by atoms with Crippen LogP contribution in [-0.4, -0.2) is 60.9 Å². The fourth-order valence-corrected chi connectivity index (χ4v) is 3.41. The molecule has 1 saturated heterocycles. The second-order valence-corrected chi connectivity index (χ2v) is 7.63. The van der Waals surface area contributed by atoms with Gasteiger partial charge in [0.05, 0.1) is 12.3 Å². The minimum atomic E-state index is -5.02. The van der Waals surface area contributed by atoms with E-state index in [9.17, 15) is 29.7 Å². The van der Waals surface area contributed by atoms with Crippen molar-refractivity contribution in [3.8, 4) is 11.3 Å². The van der Waals surface area contributed by atoms with Gasteiger partial charge in [-0.2, -0.15) is 0 Å². The van der Waals surface area contributed by atoms with Crippen molar-refractivity contribution in [2.45, 2.75) is 30.6 Å². The number of ether oxygens (including phenoxy) is 1. The number of nitrogens with two attached hydrogens (primary N) is 1. The Hall–Kier alpha value is 0.150. The van der Waals surface area contributed by atoms with Gasteiger partial charge in [-0.3, -0.25) is 0 Å². The molecule has 1 aromatic carbocycles. The molecule has 1 aliphatic rings. The Bertz CT molecular complexity index is 818. The van der Waals surface area contributed by atoms with Crippen LogP contribution in [0.15, 0.2) is 30.5 Å². The van der Waals surface area contributed by atoms with Crippen LogP contribution in [0.3, 0.4) is 0 Å². The summed E-state index contributed by atoms with van der Waals surface area (Å²) in [4.78, 5) is 21.6. The first-order valence-electron chi connectivity index (χ1n) is 7.64. The van der Waals surface area contributed by atoms with Crippen LogP contribution in [0.25, 0.3) is 11.3 Å². The number of nitrogen functional groups attached to an aromatic ring is 1. The molecule has 0 unspecified atom stereocenters. The largest absolute Gasteiger partial charge is 1.00 e. The Morgan fingerprint density at radius 2 is 1.82 bits per heavy atom. The predicted molar refractivity (Wildman–Crippen MR) is 84.3 cm³/mol. The Morgan fingerprint density at radius 1 is 1.21 bits per heavy atom. The first kappa shape index (κ1) is 26.2. The van der Waals surface area contributed by atoms with Crippen molar-refractivity contribution in [3.63, 3.8) is 0 Å². The van der Waals surface area contributed by atoms with E-state index in [2.05, 4.69) is 10.3 Å². The van der Waals surface area contributed by atoms with Gasteiger partial charge in [-0.15, -0.1) is 5.10 Å². The van der Waals surface area contributed by atoms with Gasteiger partial charge in [-0.05, 0) is 12.1 Å². The minimum Gasteiger partial charge on any atom is -0.811 e. The molecule has 11 nitrogen and oxygen atoms in total. The van der Waals surface area contributed by atoms with Crippen LogP contribution in [-0.2, 0) is 9.30 Å². The zero-order valence-corrected chi connectivity index (χ0v) is 20.2. The molecule has 1 aliphatic heterocycles. The second-order valence-electron chi connectivity index (χ2n) is 6.04. The number of hydrogen-bond acceptors (Lipinski definition) is 10. The number of aliphatic hydroxyl groups excluding tert-OH is 3. The van der Waals surface area contributed by atoms with Crippen LogP contribution in [0.1, 0.15) is 6.23 Å². The summed E-state index contributed by atoms with van der Waals surface area (Å²) < 4.78 is 17.3. The maximum Gasteiger partial charge on any atom is 1.00 e. The molecule has 2 aromatic rings. The molecular weight excluding hydrogens is 413 g/mol. The molecule has 0 saturated carbocycles. The van der Waals surface area contributed by atoms with Crippen molar-refractivity contribution in [1.29, 1.82) is 0 Å². The van der Waals surface area contributed by atoms with Gasteiger partial charge >= 0.3 is 59.1 Å². The summed E-state index contributed by atoms with van der Waals surface area (Å²) in [6, 6.07) is 6.79. The summed E-state index contributed by atoms with van der Waals surface area (Å²) in [6.07, 6.45) is -7.24. The van der Waals surface area contributed by atoms with E-state index in [1.165, 1.54) is 6.20 Å². The van der Waals surface area contributed by atoms with E-state index in [0.717, 1.165) is 4.68 Å². The minimum absolute atomic E-state index is 0. The molecule has 5 N–H and O–H groups in total. The van der Waals surface area contributed by atoms with Crippen LogP contribution in [0.4, 0.5) is 5.69 Å². The molecule has 5 atom stereocenters. The van der Waals surface area contributed by atoms with Crippen LogP contribution in [0.2, 0.25) is 0 Å². The maximum atomic E-state index is 10.8. The molecule has 1 fully saturated rings. The van der Waals surface area contributed by atoms with E-state index >= 15 is 0 Å². The van der Waals surface area contributed by atoms with Crippen LogP contribution in [0, 0.1) is 0 Å².